The Hall–Kier alpha value is -3.49. The minimum Gasteiger partial charge on any atom is -0.494 e. The molecule has 0 unspecified atom stereocenters. The van der Waals surface area contributed by atoms with E-state index in [1.807, 2.05) is 36.6 Å². The number of imide groups is 1. The number of carbonyl (C=O) groups is 3. The van der Waals surface area contributed by atoms with Crippen molar-refractivity contribution in [3.63, 3.8) is 0 Å². The molecule has 4 rings (SSSR count). The number of carbonyl (C=O) groups excluding carboxylic acids is 3. The Balaban J connectivity index is 1.25. The molecule has 1 fully saturated rings. The summed E-state index contributed by atoms with van der Waals surface area (Å²) in [5, 5.41) is 8.31. The zero-order valence-corrected chi connectivity index (χ0v) is 19.1. The van der Waals surface area contributed by atoms with E-state index in [0.717, 1.165) is 10.6 Å². The van der Waals surface area contributed by atoms with Crippen LogP contribution < -0.4 is 20.3 Å². The van der Waals surface area contributed by atoms with E-state index >= 15 is 0 Å². The van der Waals surface area contributed by atoms with Crippen LogP contribution in [0.1, 0.15) is 28.6 Å². The smallest absolute Gasteiger partial charge is 0.251 e. The number of thiophene rings is 1. The van der Waals surface area contributed by atoms with Gasteiger partial charge in [0.05, 0.1) is 29.6 Å². The highest BCUT2D eigenvalue weighted by Crippen LogP contribution is 2.25. The summed E-state index contributed by atoms with van der Waals surface area (Å²) in [5.41, 5.74) is 2.07. The lowest BCUT2D eigenvalue weighted by Gasteiger charge is -2.16. The van der Waals surface area contributed by atoms with Gasteiger partial charge in [-0.3, -0.25) is 14.4 Å². The average molecular weight is 464 g/mol. The number of nitrogens with zero attached hydrogens (tertiary/aromatic N) is 1. The molecule has 8 heteroatoms. The zero-order valence-electron chi connectivity index (χ0n) is 18.2. The normalized spacial score (nSPS) is 15.7. The van der Waals surface area contributed by atoms with Gasteiger partial charge in [-0.05, 0) is 66.9 Å². The third-order valence-corrected chi connectivity index (χ3v) is 6.16. The van der Waals surface area contributed by atoms with Crippen molar-refractivity contribution in [1.29, 1.82) is 0 Å². The summed E-state index contributed by atoms with van der Waals surface area (Å²) in [6, 6.07) is 17.4. The number of rotatable bonds is 10. The van der Waals surface area contributed by atoms with Crippen LogP contribution in [0.4, 0.5) is 11.4 Å². The molecule has 2 heterocycles. The molecule has 1 saturated heterocycles. The fraction of sp³-hybridized carbons (Fsp3) is 0.240. The molecule has 1 aromatic heterocycles. The van der Waals surface area contributed by atoms with Gasteiger partial charge in [-0.25, -0.2) is 4.90 Å². The minimum atomic E-state index is -0.545. The average Bonchev–Trinajstić information content (AvgIpc) is 3.46. The molecule has 7 nitrogen and oxygen atoms in total. The third-order valence-electron chi connectivity index (χ3n) is 5.29. The van der Waals surface area contributed by atoms with Crippen molar-refractivity contribution in [2.24, 2.45) is 0 Å². The molecule has 2 aromatic carbocycles. The van der Waals surface area contributed by atoms with E-state index < -0.39 is 6.04 Å². The molecular weight excluding hydrogens is 438 g/mol. The van der Waals surface area contributed by atoms with E-state index in [-0.39, 0.29) is 24.0 Å². The number of hydrogen-bond donors (Lipinski definition) is 2. The Kier molecular flexibility index (Phi) is 7.16. The van der Waals surface area contributed by atoms with Gasteiger partial charge in [-0.2, -0.15) is 0 Å². The number of ketones is 1. The number of ether oxygens (including phenoxy) is 1. The summed E-state index contributed by atoms with van der Waals surface area (Å²) < 4.78 is 5.41. The minimum absolute atomic E-state index is 0.0136. The van der Waals surface area contributed by atoms with Crippen LogP contribution in [0.3, 0.4) is 0 Å². The molecule has 0 radical (unpaired) electrons. The molecule has 2 amide bonds. The molecule has 170 valence electrons. The highest BCUT2D eigenvalue weighted by molar-refractivity contribution is 7.12. The highest BCUT2D eigenvalue weighted by atomic mass is 32.1. The maximum atomic E-state index is 12.7. The van der Waals surface area contributed by atoms with Gasteiger partial charge in [0.15, 0.2) is 0 Å². The van der Waals surface area contributed by atoms with E-state index in [4.69, 9.17) is 4.74 Å². The largest absolute Gasteiger partial charge is 0.494 e. The second kappa shape index (κ2) is 10.4. The molecular formula is C25H25N3O4S. The molecule has 1 atom stereocenters. The summed E-state index contributed by atoms with van der Waals surface area (Å²) in [6.07, 6.45) is 0.131. The van der Waals surface area contributed by atoms with Crippen molar-refractivity contribution < 1.29 is 19.1 Å². The second-order valence-corrected chi connectivity index (χ2v) is 8.46. The van der Waals surface area contributed by atoms with Gasteiger partial charge in [0.2, 0.25) is 11.7 Å². The molecule has 1 aliphatic heterocycles. The molecule has 0 bridgehead atoms. The monoisotopic (exact) mass is 463 g/mol. The van der Waals surface area contributed by atoms with Crippen LogP contribution in [0.2, 0.25) is 0 Å². The van der Waals surface area contributed by atoms with E-state index in [9.17, 15) is 14.4 Å². The van der Waals surface area contributed by atoms with E-state index in [1.54, 1.807) is 36.4 Å². The molecule has 0 aliphatic carbocycles. The topological polar surface area (TPSA) is 87.7 Å². The van der Waals surface area contributed by atoms with Crippen LogP contribution in [0, 0.1) is 0 Å². The highest BCUT2D eigenvalue weighted by Gasteiger charge is 2.39. The fourth-order valence-electron chi connectivity index (χ4n) is 3.66. The number of nitrogens with one attached hydrogen (secondary N) is 2. The molecule has 0 spiro atoms. The van der Waals surface area contributed by atoms with E-state index in [0.29, 0.717) is 36.7 Å². The number of anilines is 2. The standard InChI is InChI=1S/C25H25N3O4S/c1-2-32-20-11-9-19(10-12-20)28-23(29)16-21(25(28)31)27-14-13-26-18-7-5-17(6-8-18)24(30)22-4-3-15-33-22/h3-12,15,21,26-27H,2,13-14,16H2,1H3/t21-/m0/s1. The Morgan fingerprint density at radius 3 is 2.48 bits per heavy atom. The number of benzene rings is 2. The zero-order chi connectivity index (χ0) is 23.2. The lowest BCUT2D eigenvalue weighted by Crippen LogP contribution is -2.40. The van der Waals surface area contributed by atoms with Crippen molar-refractivity contribution in [2.45, 2.75) is 19.4 Å². The van der Waals surface area contributed by atoms with Gasteiger partial charge >= 0.3 is 0 Å². The van der Waals surface area contributed by atoms with E-state index in [1.165, 1.54) is 16.2 Å². The van der Waals surface area contributed by atoms with Crippen LogP contribution in [-0.2, 0) is 9.59 Å². The Morgan fingerprint density at radius 1 is 1.06 bits per heavy atom. The Bertz CT molecular complexity index is 1110. The van der Waals surface area contributed by atoms with Crippen molar-refractivity contribution in [2.75, 3.05) is 29.9 Å². The van der Waals surface area contributed by atoms with Crippen LogP contribution in [-0.4, -0.2) is 43.3 Å². The van der Waals surface area contributed by atoms with Gasteiger partial charge in [0.25, 0.3) is 5.91 Å². The number of hydrogen-bond acceptors (Lipinski definition) is 7. The van der Waals surface area contributed by atoms with Crippen molar-refractivity contribution in [3.8, 4) is 5.75 Å². The molecule has 1 aliphatic rings. The Morgan fingerprint density at radius 2 is 1.82 bits per heavy atom. The predicted octanol–water partition coefficient (Wildman–Crippen LogP) is 3.71. The van der Waals surface area contributed by atoms with E-state index in [2.05, 4.69) is 10.6 Å². The van der Waals surface area contributed by atoms with Crippen molar-refractivity contribution >= 4 is 40.3 Å². The van der Waals surface area contributed by atoms with Gasteiger partial charge in [-0.15, -0.1) is 11.3 Å². The quantitative estimate of drug-likeness (QED) is 0.271. The van der Waals surface area contributed by atoms with Crippen LogP contribution in [0.25, 0.3) is 0 Å². The lowest BCUT2D eigenvalue weighted by atomic mass is 10.1. The number of amides is 2. The summed E-state index contributed by atoms with van der Waals surface area (Å²) in [4.78, 5) is 39.5. The summed E-state index contributed by atoms with van der Waals surface area (Å²) in [6.45, 7) is 3.53. The first-order valence-corrected chi connectivity index (χ1v) is 11.7. The van der Waals surface area contributed by atoms with Crippen LogP contribution >= 0.6 is 11.3 Å². The molecule has 33 heavy (non-hydrogen) atoms. The van der Waals surface area contributed by atoms with Crippen molar-refractivity contribution in [3.05, 3.63) is 76.5 Å². The first-order chi connectivity index (χ1) is 16.1. The van der Waals surface area contributed by atoms with Crippen LogP contribution in [0.5, 0.6) is 5.75 Å². The maximum absolute atomic E-state index is 12.7. The molecule has 2 N–H and O–H groups in total. The third kappa shape index (κ3) is 5.30. The van der Waals surface area contributed by atoms with Crippen LogP contribution in [0.15, 0.2) is 66.0 Å². The first-order valence-electron chi connectivity index (χ1n) is 10.8. The van der Waals surface area contributed by atoms with Crippen molar-refractivity contribution in [1.82, 2.24) is 5.32 Å². The Labute approximate surface area is 196 Å². The SMILES string of the molecule is CCOc1ccc(N2C(=O)C[C@H](NCCNc3ccc(C(=O)c4cccs4)cc3)C2=O)cc1. The predicted molar refractivity (Wildman–Crippen MR) is 129 cm³/mol. The van der Waals surface area contributed by atoms with Gasteiger partial charge in [0.1, 0.15) is 5.75 Å². The molecule has 0 saturated carbocycles. The molecule has 3 aromatic rings. The summed E-state index contributed by atoms with van der Waals surface area (Å²) in [5.74, 6) is 0.242. The van der Waals surface area contributed by atoms with Gasteiger partial charge < -0.3 is 15.4 Å². The second-order valence-electron chi connectivity index (χ2n) is 7.52. The van der Waals surface area contributed by atoms with Gasteiger partial charge in [-0.1, -0.05) is 6.07 Å². The first kappa shape index (κ1) is 22.7. The summed E-state index contributed by atoms with van der Waals surface area (Å²) >= 11 is 1.43. The summed E-state index contributed by atoms with van der Waals surface area (Å²) in [7, 11) is 0. The van der Waals surface area contributed by atoms with Gasteiger partial charge in [0, 0.05) is 24.3 Å². The maximum Gasteiger partial charge on any atom is 0.251 e. The fourth-order valence-corrected chi connectivity index (χ4v) is 4.35. The lowest BCUT2D eigenvalue weighted by molar-refractivity contribution is -0.121.